The van der Waals surface area contributed by atoms with Gasteiger partial charge in [0, 0.05) is 11.1 Å². The van der Waals surface area contributed by atoms with Crippen LogP contribution in [-0.2, 0) is 0 Å². The van der Waals surface area contributed by atoms with E-state index < -0.39 is 0 Å². The summed E-state index contributed by atoms with van der Waals surface area (Å²) >= 11 is 0. The quantitative estimate of drug-likeness (QED) is 0.520. The third-order valence-corrected chi connectivity index (χ3v) is 4.37. The highest BCUT2D eigenvalue weighted by molar-refractivity contribution is 5.94. The summed E-state index contributed by atoms with van der Waals surface area (Å²) in [5.74, 6) is 0.0627. The molecular formula is C20H33NO. The number of rotatable bonds is 11. The highest BCUT2D eigenvalue weighted by atomic mass is 16.1. The average Bonchev–Trinajstić information content (AvgIpc) is 2.53. The fraction of sp³-hybridized carbons (Fsp3) is 0.650. The number of benzene rings is 1. The van der Waals surface area contributed by atoms with Crippen molar-refractivity contribution in [2.75, 3.05) is 0 Å². The van der Waals surface area contributed by atoms with Crippen molar-refractivity contribution in [3.8, 4) is 0 Å². The van der Waals surface area contributed by atoms with E-state index in [1.54, 1.807) is 0 Å². The topological polar surface area (TPSA) is 29.1 Å². The number of carbonyl (C=O) groups is 1. The fourth-order valence-electron chi connectivity index (χ4n) is 2.87. The van der Waals surface area contributed by atoms with Gasteiger partial charge in [0.2, 0.25) is 0 Å². The smallest absolute Gasteiger partial charge is 0.251 e. The molecule has 0 bridgehead atoms. The zero-order valence-electron chi connectivity index (χ0n) is 14.7. The molecule has 0 aliphatic carbocycles. The molecule has 1 N–H and O–H groups in total. The van der Waals surface area contributed by atoms with Crippen molar-refractivity contribution in [3.05, 3.63) is 35.9 Å². The van der Waals surface area contributed by atoms with Crippen molar-refractivity contribution in [1.29, 1.82) is 0 Å². The molecule has 124 valence electrons. The summed E-state index contributed by atoms with van der Waals surface area (Å²) in [5.41, 5.74) is 0.686. The van der Waals surface area contributed by atoms with Crippen LogP contribution in [0.3, 0.4) is 0 Å². The Morgan fingerprint density at radius 1 is 0.909 bits per heavy atom. The van der Waals surface area contributed by atoms with Crippen molar-refractivity contribution in [2.24, 2.45) is 0 Å². The van der Waals surface area contributed by atoms with Crippen LogP contribution >= 0.6 is 0 Å². The molecule has 22 heavy (non-hydrogen) atoms. The zero-order valence-corrected chi connectivity index (χ0v) is 14.7. The fourth-order valence-corrected chi connectivity index (χ4v) is 2.87. The molecule has 0 saturated carbocycles. The number of amides is 1. The Kier molecular flexibility index (Phi) is 8.88. The van der Waals surface area contributed by atoms with Gasteiger partial charge in [-0.3, -0.25) is 4.79 Å². The van der Waals surface area contributed by atoms with Gasteiger partial charge >= 0.3 is 0 Å². The molecule has 1 unspecified atom stereocenters. The Morgan fingerprint density at radius 2 is 1.50 bits per heavy atom. The second-order valence-corrected chi connectivity index (χ2v) is 6.65. The highest BCUT2D eigenvalue weighted by Crippen LogP contribution is 2.22. The molecule has 0 saturated heterocycles. The molecular weight excluding hydrogens is 270 g/mol. The van der Waals surface area contributed by atoms with Gasteiger partial charge in [0.1, 0.15) is 0 Å². The van der Waals surface area contributed by atoms with Gasteiger partial charge in [0.25, 0.3) is 5.91 Å². The molecule has 0 fully saturated rings. The van der Waals surface area contributed by atoms with Crippen LogP contribution in [0.1, 0.15) is 88.9 Å². The first kappa shape index (κ1) is 18.7. The van der Waals surface area contributed by atoms with Crippen LogP contribution in [0.15, 0.2) is 30.3 Å². The lowest BCUT2D eigenvalue weighted by molar-refractivity contribution is 0.0893. The molecule has 0 aliphatic rings. The molecule has 0 aliphatic heterocycles. The van der Waals surface area contributed by atoms with E-state index in [1.807, 2.05) is 30.3 Å². The minimum atomic E-state index is -0.0743. The van der Waals surface area contributed by atoms with E-state index in [4.69, 9.17) is 0 Å². The van der Waals surface area contributed by atoms with Crippen LogP contribution in [-0.4, -0.2) is 11.4 Å². The lowest BCUT2D eigenvalue weighted by atomic mass is 9.88. The van der Waals surface area contributed by atoms with Crippen LogP contribution < -0.4 is 5.32 Å². The first-order chi connectivity index (χ1) is 10.6. The van der Waals surface area contributed by atoms with Gasteiger partial charge in [-0.15, -0.1) is 0 Å². The summed E-state index contributed by atoms with van der Waals surface area (Å²) in [4.78, 5) is 12.4. The lowest BCUT2D eigenvalue weighted by Gasteiger charge is -2.31. The van der Waals surface area contributed by atoms with E-state index in [-0.39, 0.29) is 11.4 Å². The Bertz CT molecular complexity index is 415. The van der Waals surface area contributed by atoms with Crippen LogP contribution in [0.5, 0.6) is 0 Å². The van der Waals surface area contributed by atoms with Gasteiger partial charge in [-0.05, 0) is 31.9 Å². The Balaban J connectivity index is 2.56. The maximum atomic E-state index is 12.4. The van der Waals surface area contributed by atoms with E-state index in [9.17, 15) is 4.79 Å². The molecule has 1 amide bonds. The molecule has 1 aromatic carbocycles. The third-order valence-electron chi connectivity index (χ3n) is 4.37. The predicted molar refractivity (Wildman–Crippen MR) is 95.2 cm³/mol. The molecule has 0 radical (unpaired) electrons. The van der Waals surface area contributed by atoms with E-state index in [2.05, 4.69) is 26.1 Å². The monoisotopic (exact) mass is 303 g/mol. The van der Waals surface area contributed by atoms with Crippen molar-refractivity contribution >= 4 is 5.91 Å². The second kappa shape index (κ2) is 10.4. The molecule has 2 nitrogen and oxygen atoms in total. The molecule has 0 heterocycles. The number of carbonyl (C=O) groups excluding carboxylic acids is 1. The SMILES string of the molecule is CCCCCCCC(C)(CCCC)NC(=O)c1ccccc1. The lowest BCUT2D eigenvalue weighted by Crippen LogP contribution is -2.46. The van der Waals surface area contributed by atoms with Crippen LogP contribution in [0, 0.1) is 0 Å². The van der Waals surface area contributed by atoms with Crippen LogP contribution in [0.25, 0.3) is 0 Å². The number of hydrogen-bond donors (Lipinski definition) is 1. The maximum Gasteiger partial charge on any atom is 0.251 e. The summed E-state index contributed by atoms with van der Waals surface area (Å²) in [6.07, 6.45) is 10.9. The average molecular weight is 303 g/mol. The van der Waals surface area contributed by atoms with Crippen LogP contribution in [0.2, 0.25) is 0 Å². The zero-order chi connectivity index (χ0) is 16.3. The van der Waals surface area contributed by atoms with Crippen molar-refractivity contribution in [3.63, 3.8) is 0 Å². The third kappa shape index (κ3) is 7.11. The summed E-state index contributed by atoms with van der Waals surface area (Å²) < 4.78 is 0. The Labute approximate surface area is 136 Å². The first-order valence-corrected chi connectivity index (χ1v) is 8.99. The molecule has 1 atom stereocenters. The van der Waals surface area contributed by atoms with Gasteiger partial charge in [0.05, 0.1) is 0 Å². The minimum Gasteiger partial charge on any atom is -0.347 e. The van der Waals surface area contributed by atoms with E-state index in [1.165, 1.54) is 44.9 Å². The predicted octanol–water partition coefficient (Wildman–Crippen LogP) is 5.73. The molecule has 2 heteroatoms. The van der Waals surface area contributed by atoms with E-state index >= 15 is 0 Å². The van der Waals surface area contributed by atoms with Crippen molar-refractivity contribution in [2.45, 2.75) is 84.1 Å². The van der Waals surface area contributed by atoms with E-state index in [0.717, 1.165) is 18.4 Å². The van der Waals surface area contributed by atoms with Gasteiger partial charge in [-0.25, -0.2) is 0 Å². The largest absolute Gasteiger partial charge is 0.347 e. The summed E-state index contributed by atoms with van der Waals surface area (Å²) in [5, 5.41) is 3.30. The second-order valence-electron chi connectivity index (χ2n) is 6.65. The van der Waals surface area contributed by atoms with Crippen molar-refractivity contribution < 1.29 is 4.79 Å². The number of unbranched alkanes of at least 4 members (excludes halogenated alkanes) is 5. The normalized spacial score (nSPS) is 13.6. The van der Waals surface area contributed by atoms with Gasteiger partial charge in [0.15, 0.2) is 0 Å². The Morgan fingerprint density at radius 3 is 2.14 bits per heavy atom. The maximum absolute atomic E-state index is 12.4. The Hall–Kier alpha value is -1.31. The molecule has 0 aromatic heterocycles. The van der Waals surface area contributed by atoms with Crippen LogP contribution in [0.4, 0.5) is 0 Å². The molecule has 1 rings (SSSR count). The number of hydrogen-bond acceptors (Lipinski definition) is 1. The van der Waals surface area contributed by atoms with Gasteiger partial charge in [-0.1, -0.05) is 77.0 Å². The first-order valence-electron chi connectivity index (χ1n) is 8.99. The highest BCUT2D eigenvalue weighted by Gasteiger charge is 2.25. The summed E-state index contributed by atoms with van der Waals surface area (Å²) in [7, 11) is 0. The summed E-state index contributed by atoms with van der Waals surface area (Å²) in [6, 6.07) is 9.56. The standard InChI is InChI=1S/C20H33NO/c1-4-6-8-9-13-17-20(3,16-7-5-2)21-19(22)18-14-11-10-12-15-18/h10-12,14-15H,4-9,13,16-17H2,1-3H3,(H,21,22). The molecule has 1 aromatic rings. The minimum absolute atomic E-state index is 0.0627. The van der Waals surface area contributed by atoms with Gasteiger partial charge < -0.3 is 5.32 Å². The van der Waals surface area contributed by atoms with E-state index in [0.29, 0.717) is 0 Å². The summed E-state index contributed by atoms with van der Waals surface area (Å²) in [6.45, 7) is 6.66. The number of nitrogens with one attached hydrogen (secondary N) is 1. The van der Waals surface area contributed by atoms with Crippen molar-refractivity contribution in [1.82, 2.24) is 5.32 Å². The van der Waals surface area contributed by atoms with Gasteiger partial charge in [-0.2, -0.15) is 0 Å². The molecule has 0 spiro atoms.